The van der Waals surface area contributed by atoms with E-state index >= 15 is 0 Å². The molecule has 0 amide bonds. The first-order valence-corrected chi connectivity index (χ1v) is 10.4. The van der Waals surface area contributed by atoms with Crippen molar-refractivity contribution in [1.29, 1.82) is 0 Å². The van der Waals surface area contributed by atoms with Gasteiger partial charge < -0.3 is 20.3 Å². The second kappa shape index (κ2) is 9.45. The van der Waals surface area contributed by atoms with E-state index in [-0.39, 0.29) is 5.75 Å². The van der Waals surface area contributed by atoms with Crippen molar-refractivity contribution < 1.29 is 17.9 Å². The maximum absolute atomic E-state index is 12.6. The van der Waals surface area contributed by atoms with Gasteiger partial charge in [-0.1, -0.05) is 12.1 Å². The van der Waals surface area contributed by atoms with E-state index in [0.717, 1.165) is 23.5 Å². The number of ether oxygens (including phenoxy) is 1. The first-order valence-electron chi connectivity index (χ1n) is 9.19. The van der Waals surface area contributed by atoms with Crippen molar-refractivity contribution in [1.82, 2.24) is 5.32 Å². The van der Waals surface area contributed by atoms with Crippen molar-refractivity contribution in [3.63, 3.8) is 0 Å². The SMILES string of the molecule is CNCC1=C(Nc2ccccc2OCC(F)(F)F)CN(c2ccc(SC)cc2)C1. The van der Waals surface area contributed by atoms with Gasteiger partial charge in [-0.3, -0.25) is 0 Å². The van der Waals surface area contributed by atoms with E-state index in [0.29, 0.717) is 18.8 Å². The summed E-state index contributed by atoms with van der Waals surface area (Å²) in [6.45, 7) is 0.756. The molecule has 0 aromatic heterocycles. The summed E-state index contributed by atoms with van der Waals surface area (Å²) in [7, 11) is 1.88. The third-order valence-corrected chi connectivity index (χ3v) is 5.29. The summed E-state index contributed by atoms with van der Waals surface area (Å²) in [5.74, 6) is 0.184. The average molecular weight is 424 g/mol. The van der Waals surface area contributed by atoms with E-state index in [1.807, 2.05) is 13.3 Å². The molecular formula is C21H24F3N3OS. The van der Waals surface area contributed by atoms with Crippen LogP contribution in [0.4, 0.5) is 24.5 Å². The number of anilines is 2. The highest BCUT2D eigenvalue weighted by Crippen LogP contribution is 2.31. The van der Waals surface area contributed by atoms with Gasteiger partial charge in [0.1, 0.15) is 5.75 Å². The van der Waals surface area contributed by atoms with Gasteiger partial charge in [-0.25, -0.2) is 0 Å². The molecule has 2 aromatic carbocycles. The standard InChI is InChI=1S/C21H24F3N3OS/c1-25-11-15-12-27(16-7-9-17(29-2)10-8-16)13-19(15)26-18-5-3-4-6-20(18)28-14-21(22,23)24/h3-10,25-26H,11-14H2,1-2H3. The number of nitrogens with zero attached hydrogens (tertiary/aromatic N) is 1. The minimum atomic E-state index is -4.38. The molecule has 3 rings (SSSR count). The summed E-state index contributed by atoms with van der Waals surface area (Å²) in [5.41, 5.74) is 3.76. The maximum atomic E-state index is 12.6. The Morgan fingerprint density at radius 3 is 2.45 bits per heavy atom. The van der Waals surface area contributed by atoms with Crippen molar-refractivity contribution in [3.8, 4) is 5.75 Å². The van der Waals surface area contributed by atoms with Crippen LogP contribution in [-0.4, -0.2) is 45.7 Å². The number of benzene rings is 2. The Morgan fingerprint density at radius 1 is 1.07 bits per heavy atom. The summed E-state index contributed by atoms with van der Waals surface area (Å²) in [6.07, 6.45) is -2.34. The fourth-order valence-corrected chi connectivity index (χ4v) is 3.59. The molecule has 1 aliphatic heterocycles. The molecule has 0 aliphatic carbocycles. The summed E-state index contributed by atoms with van der Waals surface area (Å²) < 4.78 is 42.7. The highest BCUT2D eigenvalue weighted by atomic mass is 32.2. The molecule has 4 nitrogen and oxygen atoms in total. The molecule has 2 aromatic rings. The van der Waals surface area contributed by atoms with Crippen LogP contribution in [-0.2, 0) is 0 Å². The molecule has 1 aliphatic rings. The zero-order valence-corrected chi connectivity index (χ0v) is 17.2. The van der Waals surface area contributed by atoms with Crippen LogP contribution >= 0.6 is 11.8 Å². The van der Waals surface area contributed by atoms with Gasteiger partial charge in [0.2, 0.25) is 0 Å². The Hall–Kier alpha value is -2.32. The lowest BCUT2D eigenvalue weighted by Gasteiger charge is -2.20. The van der Waals surface area contributed by atoms with Gasteiger partial charge in [0.05, 0.1) is 12.2 Å². The molecular weight excluding hydrogens is 399 g/mol. The molecule has 0 unspecified atom stereocenters. The summed E-state index contributed by atoms with van der Waals surface area (Å²) >= 11 is 1.69. The molecule has 0 spiro atoms. The second-order valence-corrected chi connectivity index (χ2v) is 7.57. The van der Waals surface area contributed by atoms with Crippen molar-refractivity contribution >= 4 is 23.1 Å². The van der Waals surface area contributed by atoms with Gasteiger partial charge in [-0.2, -0.15) is 13.2 Å². The van der Waals surface area contributed by atoms with E-state index in [4.69, 9.17) is 4.74 Å². The molecule has 0 saturated heterocycles. The number of rotatable bonds is 8. The predicted molar refractivity (Wildman–Crippen MR) is 113 cm³/mol. The van der Waals surface area contributed by atoms with Gasteiger partial charge in [0.25, 0.3) is 0 Å². The third-order valence-electron chi connectivity index (χ3n) is 4.55. The number of alkyl halides is 3. The molecule has 29 heavy (non-hydrogen) atoms. The normalized spacial score (nSPS) is 14.4. The highest BCUT2D eigenvalue weighted by molar-refractivity contribution is 7.98. The average Bonchev–Trinajstić information content (AvgIpc) is 3.09. The quantitative estimate of drug-likeness (QED) is 0.599. The molecule has 1 heterocycles. The van der Waals surface area contributed by atoms with Crippen LogP contribution in [0, 0.1) is 0 Å². The Bertz CT molecular complexity index is 853. The number of thioether (sulfide) groups is 1. The van der Waals surface area contributed by atoms with Crippen molar-refractivity contribution in [3.05, 3.63) is 59.8 Å². The monoisotopic (exact) mass is 423 g/mol. The zero-order chi connectivity index (χ0) is 20.9. The zero-order valence-electron chi connectivity index (χ0n) is 16.3. The smallest absolute Gasteiger partial charge is 0.422 e. The minimum Gasteiger partial charge on any atom is -0.482 e. The van der Waals surface area contributed by atoms with E-state index in [1.165, 1.54) is 4.90 Å². The van der Waals surface area contributed by atoms with E-state index < -0.39 is 12.8 Å². The lowest BCUT2D eigenvalue weighted by molar-refractivity contribution is -0.153. The van der Waals surface area contributed by atoms with Crippen LogP contribution < -0.4 is 20.3 Å². The van der Waals surface area contributed by atoms with Crippen LogP contribution in [0.5, 0.6) is 5.75 Å². The molecule has 2 N–H and O–H groups in total. The van der Waals surface area contributed by atoms with E-state index in [9.17, 15) is 13.2 Å². The van der Waals surface area contributed by atoms with Crippen molar-refractivity contribution in [2.24, 2.45) is 0 Å². The van der Waals surface area contributed by atoms with Gasteiger partial charge in [-0.15, -0.1) is 11.8 Å². The molecule has 156 valence electrons. The van der Waals surface area contributed by atoms with Crippen LogP contribution in [0.1, 0.15) is 0 Å². The summed E-state index contributed by atoms with van der Waals surface area (Å²) in [5, 5.41) is 6.47. The van der Waals surface area contributed by atoms with Gasteiger partial charge in [0, 0.05) is 29.4 Å². The molecule has 8 heteroatoms. The molecule has 0 bridgehead atoms. The lowest BCUT2D eigenvalue weighted by atomic mass is 10.2. The number of hydrogen-bond donors (Lipinski definition) is 2. The topological polar surface area (TPSA) is 36.5 Å². The number of nitrogens with one attached hydrogen (secondary N) is 2. The van der Waals surface area contributed by atoms with E-state index in [1.54, 1.807) is 36.0 Å². The minimum absolute atomic E-state index is 0.184. The van der Waals surface area contributed by atoms with Crippen LogP contribution in [0.3, 0.4) is 0 Å². The Morgan fingerprint density at radius 2 is 1.79 bits per heavy atom. The summed E-state index contributed by atoms with van der Waals surface area (Å²) in [6, 6.07) is 15.1. The second-order valence-electron chi connectivity index (χ2n) is 6.69. The Kier molecular flexibility index (Phi) is 6.97. The number of likely N-dealkylation sites (N-methyl/N-ethyl adjacent to an activating group) is 1. The van der Waals surface area contributed by atoms with Gasteiger partial charge in [-0.05, 0) is 55.3 Å². The Balaban J connectivity index is 1.76. The molecule has 0 atom stereocenters. The van der Waals surface area contributed by atoms with Crippen LogP contribution in [0.15, 0.2) is 64.7 Å². The molecule has 0 fully saturated rings. The van der Waals surface area contributed by atoms with Gasteiger partial charge in [0.15, 0.2) is 6.61 Å². The largest absolute Gasteiger partial charge is 0.482 e. The number of hydrogen-bond acceptors (Lipinski definition) is 5. The number of halogens is 3. The first kappa shape index (κ1) is 21.4. The van der Waals surface area contributed by atoms with Crippen molar-refractivity contribution in [2.45, 2.75) is 11.1 Å². The molecule has 0 saturated carbocycles. The van der Waals surface area contributed by atoms with Gasteiger partial charge >= 0.3 is 6.18 Å². The lowest BCUT2D eigenvalue weighted by Crippen LogP contribution is -2.22. The third kappa shape index (κ3) is 5.83. The van der Waals surface area contributed by atoms with Crippen molar-refractivity contribution in [2.75, 3.05) is 49.8 Å². The number of para-hydroxylation sites is 2. The highest BCUT2D eigenvalue weighted by Gasteiger charge is 2.29. The Labute approximate surface area is 173 Å². The fraction of sp³-hybridized carbons (Fsp3) is 0.333. The van der Waals surface area contributed by atoms with Crippen LogP contribution in [0.25, 0.3) is 0 Å². The van der Waals surface area contributed by atoms with E-state index in [2.05, 4.69) is 39.8 Å². The maximum Gasteiger partial charge on any atom is 0.422 e. The first-order chi connectivity index (χ1) is 13.9. The predicted octanol–water partition coefficient (Wildman–Crippen LogP) is 4.76. The van der Waals surface area contributed by atoms with Crippen LogP contribution in [0.2, 0.25) is 0 Å². The summed E-state index contributed by atoms with van der Waals surface area (Å²) in [4.78, 5) is 3.43. The molecule has 0 radical (unpaired) electrons. The fourth-order valence-electron chi connectivity index (χ4n) is 3.18.